The Balaban J connectivity index is 3.26. The second-order valence-electron chi connectivity index (χ2n) is 2.72. The molecule has 0 N–H and O–H groups in total. The Labute approximate surface area is 74.6 Å². The van der Waals surface area contributed by atoms with E-state index in [2.05, 4.69) is 0 Å². The minimum absolute atomic E-state index is 0.204. The molecule has 0 saturated heterocycles. The third-order valence-corrected chi connectivity index (χ3v) is 3.56. The third-order valence-electron chi connectivity index (χ3n) is 1.59. The van der Waals surface area contributed by atoms with Gasteiger partial charge in [-0.2, -0.15) is 0 Å². The molecule has 0 aliphatic carbocycles. The van der Waals surface area contributed by atoms with Crippen molar-refractivity contribution in [1.82, 2.24) is 0 Å². The van der Waals surface area contributed by atoms with Crippen LogP contribution in [0.15, 0.2) is 35.2 Å². The van der Waals surface area contributed by atoms with Gasteiger partial charge >= 0.3 is 0 Å². The van der Waals surface area contributed by atoms with Crippen LogP contribution in [0, 0.1) is 0 Å². The van der Waals surface area contributed by atoms with Crippen molar-refractivity contribution >= 4 is 9.84 Å². The summed E-state index contributed by atoms with van der Waals surface area (Å²) in [5.41, 5.74) is 0. The van der Waals surface area contributed by atoms with Gasteiger partial charge in [-0.3, -0.25) is 0 Å². The van der Waals surface area contributed by atoms with Crippen molar-refractivity contribution in [2.75, 3.05) is 0 Å². The summed E-state index contributed by atoms with van der Waals surface area (Å²) >= 11 is 0. The summed E-state index contributed by atoms with van der Waals surface area (Å²) in [6, 6.07) is 8.06. The predicted molar refractivity (Wildman–Crippen MR) is 48.8 cm³/mol. The van der Waals surface area contributed by atoms with Crippen LogP contribution in [0.5, 0.6) is 0 Å². The van der Waals surface area contributed by atoms with Crippen molar-refractivity contribution < 1.29 is 9.79 Å². The zero-order valence-corrected chi connectivity index (χ0v) is 7.93. The van der Waals surface area contributed by atoms with E-state index in [1.807, 2.05) is 0 Å². The molecule has 0 aliphatic rings. The highest BCUT2D eigenvalue weighted by molar-refractivity contribution is 7.92. The van der Waals surface area contributed by atoms with Crippen molar-refractivity contribution in [3.05, 3.63) is 30.3 Å². The molecule has 0 radical (unpaired) electrons. The minimum atomic E-state index is -3.51. The topological polar surface area (TPSA) is 34.1 Å². The maximum atomic E-state index is 11.7. The normalized spacial score (nSPS) is 14.0. The molecule has 2 nitrogen and oxygen atoms in total. The van der Waals surface area contributed by atoms with Gasteiger partial charge in [0, 0.05) is 1.37 Å². The fourth-order valence-electron chi connectivity index (χ4n) is 0.835. The molecule has 0 fully saturated rings. The van der Waals surface area contributed by atoms with Crippen molar-refractivity contribution in [2.45, 2.75) is 24.0 Å². The molecule has 0 saturated carbocycles. The number of benzene rings is 1. The largest absolute Gasteiger partial charge is 0.223 e. The van der Waals surface area contributed by atoms with Gasteiger partial charge in [0.15, 0.2) is 9.84 Å². The monoisotopic (exact) mass is 185 g/mol. The van der Waals surface area contributed by atoms with Gasteiger partial charge in [0.05, 0.1) is 10.1 Å². The molecule has 1 aromatic carbocycles. The average molecular weight is 185 g/mol. The van der Waals surface area contributed by atoms with Gasteiger partial charge in [-0.25, -0.2) is 8.42 Å². The molecule has 12 heavy (non-hydrogen) atoms. The lowest BCUT2D eigenvalue weighted by molar-refractivity contribution is 0.587. The lowest BCUT2D eigenvalue weighted by atomic mass is 10.4. The van der Waals surface area contributed by atoms with Crippen molar-refractivity contribution in [1.29, 1.82) is 0 Å². The molecular formula is C9H12O2S. The number of rotatable bonds is 2. The summed E-state index contributed by atoms with van der Waals surface area (Å²) in [6.45, 7) is 2.74. The molecule has 0 bridgehead atoms. The van der Waals surface area contributed by atoms with E-state index in [1.165, 1.54) is 26.0 Å². The Morgan fingerprint density at radius 1 is 1.25 bits per heavy atom. The SMILES string of the molecule is [2H]C(C)(C)S(=O)(=O)c1ccccc1. The molecule has 66 valence electrons. The number of hydrogen-bond donors (Lipinski definition) is 0. The molecule has 0 unspecified atom stereocenters. The molecule has 0 heterocycles. The molecule has 0 spiro atoms. The standard InChI is InChI=1S/C9H12O2S/c1-8(2)12(10,11)9-6-4-3-5-7-9/h3-8H,1-2H3/i8D. The zero-order valence-electron chi connectivity index (χ0n) is 8.11. The van der Waals surface area contributed by atoms with Crippen LogP contribution in [0.1, 0.15) is 15.2 Å². The van der Waals surface area contributed by atoms with Crippen LogP contribution in [0.25, 0.3) is 0 Å². The first-order chi connectivity index (χ1) is 5.86. The van der Waals surface area contributed by atoms with Crippen LogP contribution in [0.4, 0.5) is 0 Å². The Morgan fingerprint density at radius 2 is 1.75 bits per heavy atom. The van der Waals surface area contributed by atoms with Gasteiger partial charge in [-0.05, 0) is 26.0 Å². The number of sulfone groups is 1. The third kappa shape index (κ3) is 1.67. The van der Waals surface area contributed by atoms with Gasteiger partial charge in [-0.15, -0.1) is 0 Å². The van der Waals surface area contributed by atoms with Crippen LogP contribution in [-0.4, -0.2) is 13.6 Å². The summed E-state index contributed by atoms with van der Waals surface area (Å²) in [5, 5.41) is -1.48. The van der Waals surface area contributed by atoms with Gasteiger partial charge in [0.2, 0.25) is 0 Å². The Kier molecular flexibility index (Phi) is 2.13. The van der Waals surface area contributed by atoms with Crippen LogP contribution in [0.3, 0.4) is 0 Å². The number of hydrogen-bond acceptors (Lipinski definition) is 2. The van der Waals surface area contributed by atoms with Crippen LogP contribution in [0.2, 0.25) is 0 Å². The van der Waals surface area contributed by atoms with E-state index in [-0.39, 0.29) is 4.90 Å². The van der Waals surface area contributed by atoms with Gasteiger partial charge in [-0.1, -0.05) is 18.2 Å². The highest BCUT2D eigenvalue weighted by Crippen LogP contribution is 2.14. The van der Waals surface area contributed by atoms with E-state index < -0.39 is 15.1 Å². The van der Waals surface area contributed by atoms with Gasteiger partial charge in [0.1, 0.15) is 0 Å². The van der Waals surface area contributed by atoms with Gasteiger partial charge in [0.25, 0.3) is 0 Å². The van der Waals surface area contributed by atoms with E-state index in [1.54, 1.807) is 18.2 Å². The molecule has 0 aliphatic heterocycles. The van der Waals surface area contributed by atoms with Crippen molar-refractivity contribution in [2.24, 2.45) is 0 Å². The summed E-state index contributed by atoms with van der Waals surface area (Å²) in [5.74, 6) is 0. The molecule has 1 aromatic rings. The lowest BCUT2D eigenvalue weighted by Crippen LogP contribution is -2.13. The Morgan fingerprint density at radius 3 is 2.17 bits per heavy atom. The fourth-order valence-corrected chi connectivity index (χ4v) is 1.82. The average Bonchev–Trinajstić information content (AvgIpc) is 2.04. The summed E-state index contributed by atoms with van der Waals surface area (Å²) in [7, 11) is -3.51. The predicted octanol–water partition coefficient (Wildman–Crippen LogP) is 1.87. The molecule has 0 atom stereocenters. The summed E-state index contributed by atoms with van der Waals surface area (Å²) < 4.78 is 30.8. The van der Waals surface area contributed by atoms with Crippen LogP contribution in [-0.2, 0) is 9.84 Å². The van der Waals surface area contributed by atoms with E-state index in [4.69, 9.17) is 1.37 Å². The Bertz CT molecular complexity index is 376. The molecule has 0 amide bonds. The van der Waals surface area contributed by atoms with E-state index >= 15 is 0 Å². The first-order valence-corrected chi connectivity index (χ1v) is 5.14. The fraction of sp³-hybridized carbons (Fsp3) is 0.333. The van der Waals surface area contributed by atoms with Crippen molar-refractivity contribution in [3.63, 3.8) is 0 Å². The van der Waals surface area contributed by atoms with E-state index in [0.29, 0.717) is 0 Å². The second kappa shape index (κ2) is 3.27. The minimum Gasteiger partial charge on any atom is -0.223 e. The summed E-state index contributed by atoms with van der Waals surface area (Å²) in [4.78, 5) is 0.204. The lowest BCUT2D eigenvalue weighted by Gasteiger charge is -2.06. The zero-order chi connectivity index (χ0) is 10.1. The quantitative estimate of drug-likeness (QED) is 0.705. The molecule has 3 heteroatoms. The van der Waals surface area contributed by atoms with Gasteiger partial charge < -0.3 is 0 Å². The first kappa shape index (κ1) is 7.80. The van der Waals surface area contributed by atoms with E-state index in [9.17, 15) is 8.42 Å². The van der Waals surface area contributed by atoms with Crippen LogP contribution >= 0.6 is 0 Å². The second-order valence-corrected chi connectivity index (χ2v) is 5.02. The van der Waals surface area contributed by atoms with Crippen molar-refractivity contribution in [3.8, 4) is 0 Å². The molecular weight excluding hydrogens is 172 g/mol. The van der Waals surface area contributed by atoms with Crippen LogP contribution < -0.4 is 0 Å². The maximum absolute atomic E-state index is 11.7. The smallest absolute Gasteiger partial charge is 0.180 e. The molecule has 1 rings (SSSR count). The highest BCUT2D eigenvalue weighted by Gasteiger charge is 2.17. The highest BCUT2D eigenvalue weighted by atomic mass is 32.2. The first-order valence-electron chi connectivity index (χ1n) is 4.15. The Hall–Kier alpha value is -0.830. The molecule has 0 aromatic heterocycles. The maximum Gasteiger partial charge on any atom is 0.180 e. The van der Waals surface area contributed by atoms with E-state index in [0.717, 1.165) is 0 Å². The summed E-state index contributed by atoms with van der Waals surface area (Å²) in [6.07, 6.45) is 0.